The highest BCUT2D eigenvalue weighted by atomic mass is 16.5. The lowest BCUT2D eigenvalue weighted by Crippen LogP contribution is -2.65. The fourth-order valence-corrected chi connectivity index (χ4v) is 4.88. The maximum Gasteiger partial charge on any atom is 0.359 e. The Morgan fingerprint density at radius 2 is 1.82 bits per heavy atom. The molecule has 4 rings (SSSR count). The summed E-state index contributed by atoms with van der Waals surface area (Å²) in [4.78, 5) is 45.4. The molecule has 1 aliphatic heterocycles. The number of nitrogens with one attached hydrogen (secondary N) is 1. The van der Waals surface area contributed by atoms with Gasteiger partial charge in [0, 0.05) is 11.7 Å². The Morgan fingerprint density at radius 3 is 2.42 bits per heavy atom. The largest absolute Gasteiger partial charge is 0.464 e. The molecule has 0 saturated heterocycles. The molecule has 1 atom stereocenters. The summed E-state index contributed by atoms with van der Waals surface area (Å²) >= 11 is 0. The van der Waals surface area contributed by atoms with Crippen LogP contribution >= 0.6 is 0 Å². The van der Waals surface area contributed by atoms with Crippen molar-refractivity contribution in [1.82, 2.24) is 14.9 Å². The van der Waals surface area contributed by atoms with Crippen molar-refractivity contribution < 1.29 is 19.1 Å². The van der Waals surface area contributed by atoms with E-state index in [2.05, 4.69) is 24.1 Å². The molecule has 176 valence electrons. The van der Waals surface area contributed by atoms with Crippen LogP contribution in [0.5, 0.6) is 0 Å². The first-order chi connectivity index (χ1) is 15.8. The van der Waals surface area contributed by atoms with Crippen molar-refractivity contribution in [2.75, 3.05) is 12.0 Å². The molecule has 8 nitrogen and oxygen atoms in total. The number of aromatic nitrogens is 2. The van der Waals surface area contributed by atoms with E-state index >= 15 is 0 Å². The Balaban J connectivity index is 1.77. The van der Waals surface area contributed by atoms with Crippen LogP contribution in [0.3, 0.4) is 0 Å². The molecule has 2 aliphatic rings. The molecule has 1 aromatic heterocycles. The Morgan fingerprint density at radius 1 is 1.15 bits per heavy atom. The van der Waals surface area contributed by atoms with Crippen LogP contribution in [0.15, 0.2) is 30.6 Å². The highest BCUT2D eigenvalue weighted by Crippen LogP contribution is 2.35. The average Bonchev–Trinajstić information content (AvgIpc) is 3.23. The summed E-state index contributed by atoms with van der Waals surface area (Å²) < 4.78 is 6.42. The van der Waals surface area contributed by atoms with Crippen LogP contribution < -0.4 is 10.2 Å². The van der Waals surface area contributed by atoms with Gasteiger partial charge in [0.1, 0.15) is 11.2 Å². The van der Waals surface area contributed by atoms with Gasteiger partial charge in [0.25, 0.3) is 5.91 Å². The lowest BCUT2D eigenvalue weighted by molar-refractivity contribution is -0.127. The first-order valence-electron chi connectivity index (χ1n) is 11.6. The Labute approximate surface area is 194 Å². The summed E-state index contributed by atoms with van der Waals surface area (Å²) in [6, 6.07) is 7.78. The molecule has 1 aromatic carbocycles. The van der Waals surface area contributed by atoms with Crippen molar-refractivity contribution in [1.29, 1.82) is 0 Å². The van der Waals surface area contributed by atoms with E-state index in [9.17, 15) is 14.4 Å². The topological polar surface area (TPSA) is 93.5 Å². The third-order valence-electron chi connectivity index (χ3n) is 6.84. The number of hydrogen-bond acceptors (Lipinski definition) is 5. The SMILES string of the molecule is COC(=O)c1ncn2c1C(=O)N(c1ccc(C(C)C)cc1)[C@@](C)(C(=O)NC1CCCCC1)C2. The van der Waals surface area contributed by atoms with E-state index in [0.29, 0.717) is 11.6 Å². The number of hydrogen-bond donors (Lipinski definition) is 1. The van der Waals surface area contributed by atoms with Gasteiger partial charge < -0.3 is 14.6 Å². The van der Waals surface area contributed by atoms with Gasteiger partial charge in [0.05, 0.1) is 20.0 Å². The second kappa shape index (κ2) is 9.00. The smallest absolute Gasteiger partial charge is 0.359 e. The fraction of sp³-hybridized carbons (Fsp3) is 0.520. The summed E-state index contributed by atoms with van der Waals surface area (Å²) in [5.74, 6) is -0.987. The number of nitrogens with zero attached hydrogens (tertiary/aromatic N) is 3. The minimum absolute atomic E-state index is 0.0407. The predicted molar refractivity (Wildman–Crippen MR) is 124 cm³/mol. The third-order valence-corrected chi connectivity index (χ3v) is 6.84. The summed E-state index contributed by atoms with van der Waals surface area (Å²) in [5.41, 5.74) is 0.652. The number of carbonyl (C=O) groups is 3. The van der Waals surface area contributed by atoms with Gasteiger partial charge in [-0.2, -0.15) is 0 Å². The first kappa shape index (κ1) is 23.0. The summed E-state index contributed by atoms with van der Waals surface area (Å²) in [7, 11) is 1.26. The van der Waals surface area contributed by atoms with E-state index in [4.69, 9.17) is 4.74 Å². The standard InChI is InChI=1S/C25H32N4O4/c1-16(2)17-10-12-19(13-11-17)29-22(30)21-20(23(31)33-4)26-15-28(21)14-25(29,3)24(32)27-18-8-6-5-7-9-18/h10-13,15-16,18H,5-9,14H2,1-4H3,(H,27,32)/t25-/m1/s1. The maximum atomic E-state index is 13.8. The second-order valence-corrected chi connectivity index (χ2v) is 9.53. The van der Waals surface area contributed by atoms with Crippen molar-refractivity contribution in [2.45, 2.75) is 76.9 Å². The van der Waals surface area contributed by atoms with Crippen molar-refractivity contribution in [3.63, 3.8) is 0 Å². The summed E-state index contributed by atoms with van der Waals surface area (Å²) in [5, 5.41) is 3.19. The lowest BCUT2D eigenvalue weighted by atomic mass is 9.90. The van der Waals surface area contributed by atoms with Gasteiger partial charge >= 0.3 is 5.97 Å². The minimum Gasteiger partial charge on any atom is -0.464 e. The van der Waals surface area contributed by atoms with Crippen LogP contribution in [0.1, 0.15) is 85.3 Å². The minimum atomic E-state index is -1.19. The highest BCUT2D eigenvalue weighted by molar-refractivity contribution is 6.15. The van der Waals surface area contributed by atoms with Gasteiger partial charge in [-0.15, -0.1) is 0 Å². The molecular weight excluding hydrogens is 420 g/mol. The number of fused-ring (bicyclic) bond motifs is 1. The van der Waals surface area contributed by atoms with Crippen molar-refractivity contribution >= 4 is 23.5 Å². The maximum absolute atomic E-state index is 13.8. The van der Waals surface area contributed by atoms with Gasteiger partial charge in [-0.3, -0.25) is 14.5 Å². The Bertz CT molecular complexity index is 1050. The summed E-state index contributed by atoms with van der Waals surface area (Å²) in [6.07, 6.45) is 6.70. The molecule has 1 N–H and O–H groups in total. The molecule has 2 heterocycles. The highest BCUT2D eigenvalue weighted by Gasteiger charge is 2.50. The third kappa shape index (κ3) is 4.14. The molecule has 2 amide bonds. The second-order valence-electron chi connectivity index (χ2n) is 9.53. The van der Waals surface area contributed by atoms with Gasteiger partial charge in [0.2, 0.25) is 5.91 Å². The number of methoxy groups -OCH3 is 1. The Hall–Kier alpha value is -3.16. The molecule has 1 saturated carbocycles. The van der Waals surface area contributed by atoms with E-state index in [1.165, 1.54) is 24.8 Å². The molecule has 1 fully saturated rings. The lowest BCUT2D eigenvalue weighted by Gasteiger charge is -2.44. The zero-order valence-electron chi connectivity index (χ0n) is 19.8. The number of imidazole rings is 1. The zero-order chi connectivity index (χ0) is 23.8. The van der Waals surface area contributed by atoms with Crippen LogP contribution in [-0.2, 0) is 16.1 Å². The fourth-order valence-electron chi connectivity index (χ4n) is 4.88. The van der Waals surface area contributed by atoms with Crippen molar-refractivity contribution in [3.05, 3.63) is 47.5 Å². The van der Waals surface area contributed by atoms with E-state index in [1.54, 1.807) is 11.5 Å². The van der Waals surface area contributed by atoms with Crippen LogP contribution in [0.25, 0.3) is 0 Å². The molecule has 0 bridgehead atoms. The Kier molecular flexibility index (Phi) is 6.28. The number of esters is 1. The molecule has 0 unspecified atom stereocenters. The van der Waals surface area contributed by atoms with E-state index < -0.39 is 17.4 Å². The molecule has 0 spiro atoms. The van der Waals surface area contributed by atoms with Gasteiger partial charge in [-0.05, 0) is 43.4 Å². The summed E-state index contributed by atoms with van der Waals surface area (Å²) in [6.45, 7) is 6.16. The monoisotopic (exact) mass is 452 g/mol. The molecule has 33 heavy (non-hydrogen) atoms. The van der Waals surface area contributed by atoms with Gasteiger partial charge in [-0.1, -0.05) is 45.2 Å². The van der Waals surface area contributed by atoms with Crippen LogP contribution in [0.2, 0.25) is 0 Å². The molecular formula is C25H32N4O4. The van der Waals surface area contributed by atoms with Gasteiger partial charge in [0.15, 0.2) is 5.69 Å². The first-order valence-corrected chi connectivity index (χ1v) is 11.6. The van der Waals surface area contributed by atoms with Crippen molar-refractivity contribution in [2.24, 2.45) is 0 Å². The van der Waals surface area contributed by atoms with Gasteiger partial charge in [-0.25, -0.2) is 9.78 Å². The van der Waals surface area contributed by atoms with E-state index in [0.717, 1.165) is 31.2 Å². The van der Waals surface area contributed by atoms with Crippen LogP contribution in [0, 0.1) is 0 Å². The van der Waals surface area contributed by atoms with Crippen LogP contribution in [0.4, 0.5) is 5.69 Å². The number of rotatable bonds is 5. The number of carbonyl (C=O) groups excluding carboxylic acids is 3. The van der Waals surface area contributed by atoms with E-state index in [-0.39, 0.29) is 29.9 Å². The predicted octanol–water partition coefficient (Wildman–Crippen LogP) is 3.66. The zero-order valence-corrected chi connectivity index (χ0v) is 19.8. The number of ether oxygens (including phenoxy) is 1. The molecule has 0 radical (unpaired) electrons. The quantitative estimate of drug-likeness (QED) is 0.699. The molecule has 8 heteroatoms. The molecule has 1 aliphatic carbocycles. The van der Waals surface area contributed by atoms with Crippen LogP contribution in [-0.4, -0.2) is 46.0 Å². The molecule has 2 aromatic rings. The van der Waals surface area contributed by atoms with E-state index in [1.807, 2.05) is 24.3 Å². The number of amides is 2. The average molecular weight is 453 g/mol. The number of benzene rings is 1. The number of anilines is 1. The van der Waals surface area contributed by atoms with Crippen molar-refractivity contribution in [3.8, 4) is 0 Å². The normalized spacial score (nSPS) is 21.1.